The van der Waals surface area contributed by atoms with Gasteiger partial charge in [-0.15, -0.1) is 0 Å². The molecule has 0 aromatic carbocycles. The van der Waals surface area contributed by atoms with Crippen molar-refractivity contribution in [3.8, 4) is 0 Å². The highest BCUT2D eigenvalue weighted by Gasteiger charge is 2.87. The molecule has 0 aromatic rings. The van der Waals surface area contributed by atoms with Crippen molar-refractivity contribution in [2.24, 2.45) is 0 Å². The summed E-state index contributed by atoms with van der Waals surface area (Å²) >= 11 is 0. The van der Waals surface area contributed by atoms with Crippen molar-refractivity contribution in [3.63, 3.8) is 0 Å². The topological polar surface area (TPSA) is 12.0 Å². The zero-order valence-electron chi connectivity index (χ0n) is 12.2. The first-order valence-corrected chi connectivity index (χ1v) is 6.50. The molecule has 0 heterocycles. The van der Waals surface area contributed by atoms with E-state index in [-0.39, 0.29) is 18.2 Å². The van der Waals surface area contributed by atoms with Gasteiger partial charge in [0, 0.05) is 0 Å². The SMILES string of the molecule is CCCCC(F)C(F)NC(F)(F)C(F)(F)C(F)(F)C(F)(F)C(F)(F)F. The van der Waals surface area contributed by atoms with Crippen LogP contribution in [-0.4, -0.2) is 42.5 Å². The van der Waals surface area contributed by atoms with E-state index < -0.39 is 48.9 Å². The van der Waals surface area contributed by atoms with E-state index >= 15 is 0 Å². The van der Waals surface area contributed by atoms with Crippen molar-refractivity contribution in [1.82, 2.24) is 5.32 Å². The van der Waals surface area contributed by atoms with Crippen molar-refractivity contribution in [3.05, 3.63) is 0 Å². The molecule has 0 saturated heterocycles. The van der Waals surface area contributed by atoms with Crippen LogP contribution in [0.2, 0.25) is 0 Å². The maximum Gasteiger partial charge on any atom is 0.460 e. The fourth-order valence-corrected chi connectivity index (χ4v) is 1.47. The predicted molar refractivity (Wildman–Crippen MR) is 58.3 cm³/mol. The van der Waals surface area contributed by atoms with E-state index in [9.17, 15) is 57.1 Å². The molecule has 1 N–H and O–H groups in total. The zero-order valence-corrected chi connectivity index (χ0v) is 12.2. The largest absolute Gasteiger partial charge is 0.460 e. The van der Waals surface area contributed by atoms with E-state index in [1.165, 1.54) is 6.92 Å². The van der Waals surface area contributed by atoms with Gasteiger partial charge < -0.3 is 0 Å². The number of hydrogen-bond donors (Lipinski definition) is 1. The van der Waals surface area contributed by atoms with Crippen molar-refractivity contribution >= 4 is 0 Å². The normalized spacial score (nSPS) is 17.5. The second-order valence-corrected chi connectivity index (χ2v) is 5.00. The smallest absolute Gasteiger partial charge is 0.243 e. The van der Waals surface area contributed by atoms with Crippen LogP contribution in [0, 0.1) is 0 Å². The van der Waals surface area contributed by atoms with Crippen LogP contribution in [0.1, 0.15) is 26.2 Å². The molecule has 0 rings (SSSR count). The summed E-state index contributed by atoms with van der Waals surface area (Å²) in [7, 11) is 0. The van der Waals surface area contributed by atoms with Gasteiger partial charge in [0.05, 0.1) is 0 Å². The number of unbranched alkanes of at least 4 members (excludes halogenated alkanes) is 1. The standard InChI is InChI=1S/C11H12F13N/c1-2-3-4-5(12)6(13)25-11(23,24)9(18,19)7(14,15)8(16,17)10(20,21)22/h5-6,25H,2-4H2,1H3. The Kier molecular flexibility index (Phi) is 7.07. The van der Waals surface area contributed by atoms with Gasteiger partial charge in [0.1, 0.15) is 6.17 Å². The van der Waals surface area contributed by atoms with E-state index in [0.29, 0.717) is 0 Å². The van der Waals surface area contributed by atoms with Crippen molar-refractivity contribution in [1.29, 1.82) is 0 Å². The molecule has 0 radical (unpaired) electrons. The van der Waals surface area contributed by atoms with E-state index in [4.69, 9.17) is 0 Å². The average Bonchev–Trinajstić information content (AvgIpc) is 2.42. The second-order valence-electron chi connectivity index (χ2n) is 5.00. The fourth-order valence-electron chi connectivity index (χ4n) is 1.47. The Balaban J connectivity index is 5.59. The quantitative estimate of drug-likeness (QED) is 0.397. The summed E-state index contributed by atoms with van der Waals surface area (Å²) in [6, 6.07) is -6.62. The Labute approximate surface area is 132 Å². The minimum absolute atomic E-state index is 0.131. The number of hydrogen-bond acceptors (Lipinski definition) is 1. The van der Waals surface area contributed by atoms with E-state index in [1.54, 1.807) is 0 Å². The molecule has 0 bridgehead atoms. The van der Waals surface area contributed by atoms with Crippen LogP contribution in [0.5, 0.6) is 0 Å². The number of nitrogens with one attached hydrogen (secondary N) is 1. The molecule has 0 aliphatic carbocycles. The van der Waals surface area contributed by atoms with Gasteiger partial charge in [-0.05, 0) is 6.42 Å². The third-order valence-corrected chi connectivity index (χ3v) is 3.01. The Hall–Kier alpha value is -0.950. The van der Waals surface area contributed by atoms with Crippen molar-refractivity contribution < 1.29 is 57.1 Å². The van der Waals surface area contributed by atoms with Gasteiger partial charge in [-0.1, -0.05) is 19.8 Å². The minimum atomic E-state index is -7.66. The number of halogens is 13. The molecule has 14 heteroatoms. The van der Waals surface area contributed by atoms with E-state index in [2.05, 4.69) is 0 Å². The Morgan fingerprint density at radius 1 is 0.720 bits per heavy atom. The molecule has 0 saturated carbocycles. The van der Waals surface area contributed by atoms with Crippen LogP contribution in [0.4, 0.5) is 57.1 Å². The first kappa shape index (κ1) is 24.1. The lowest BCUT2D eigenvalue weighted by Gasteiger charge is -2.37. The van der Waals surface area contributed by atoms with E-state index in [1.807, 2.05) is 0 Å². The van der Waals surface area contributed by atoms with Gasteiger partial charge in [-0.3, -0.25) is 0 Å². The molecular weight excluding hydrogens is 393 g/mol. The number of alkyl halides is 13. The van der Waals surface area contributed by atoms with Crippen LogP contribution in [0.15, 0.2) is 0 Å². The van der Waals surface area contributed by atoms with Gasteiger partial charge in [-0.25, -0.2) is 14.1 Å². The predicted octanol–water partition coefficient (Wildman–Crippen LogP) is 5.46. The van der Waals surface area contributed by atoms with Crippen LogP contribution in [-0.2, 0) is 0 Å². The molecule has 152 valence electrons. The third-order valence-electron chi connectivity index (χ3n) is 3.01. The first-order chi connectivity index (χ1) is 10.9. The second kappa shape index (κ2) is 7.35. The maximum absolute atomic E-state index is 13.1. The molecule has 0 spiro atoms. The van der Waals surface area contributed by atoms with E-state index in [0.717, 1.165) is 0 Å². The minimum Gasteiger partial charge on any atom is -0.243 e. The molecule has 25 heavy (non-hydrogen) atoms. The zero-order chi connectivity index (χ0) is 20.5. The van der Waals surface area contributed by atoms with Gasteiger partial charge in [0.25, 0.3) is 0 Å². The van der Waals surface area contributed by atoms with Crippen LogP contribution in [0.25, 0.3) is 0 Å². The maximum atomic E-state index is 13.1. The lowest BCUT2D eigenvalue weighted by atomic mass is 10.0. The van der Waals surface area contributed by atoms with Gasteiger partial charge in [0.2, 0.25) is 0 Å². The summed E-state index contributed by atoms with van der Waals surface area (Å²) in [4.78, 5) is 0. The highest BCUT2D eigenvalue weighted by atomic mass is 19.4. The molecule has 0 aliphatic heterocycles. The van der Waals surface area contributed by atoms with Crippen molar-refractivity contribution in [2.75, 3.05) is 0 Å². The Morgan fingerprint density at radius 2 is 1.16 bits per heavy atom. The molecule has 0 aliphatic rings. The molecule has 2 unspecified atom stereocenters. The molecule has 0 amide bonds. The summed E-state index contributed by atoms with van der Waals surface area (Å²) in [6.45, 7) is 1.44. The molecule has 0 fully saturated rings. The highest BCUT2D eigenvalue weighted by molar-refractivity contribution is 5.05. The molecule has 2 atom stereocenters. The monoisotopic (exact) mass is 405 g/mol. The highest BCUT2D eigenvalue weighted by Crippen LogP contribution is 2.56. The van der Waals surface area contributed by atoms with Gasteiger partial charge >= 0.3 is 30.0 Å². The molecule has 0 aromatic heterocycles. The summed E-state index contributed by atoms with van der Waals surface area (Å²) in [6.07, 6.45) is -14.7. The molecule has 1 nitrogen and oxygen atoms in total. The Bertz CT molecular complexity index is 430. The summed E-state index contributed by atoms with van der Waals surface area (Å²) < 4.78 is 165. The molecular formula is C11H12F13N. The van der Waals surface area contributed by atoms with Gasteiger partial charge in [-0.2, -0.15) is 48.3 Å². The fraction of sp³-hybridized carbons (Fsp3) is 1.00. The Morgan fingerprint density at radius 3 is 1.52 bits per heavy atom. The van der Waals surface area contributed by atoms with Crippen LogP contribution < -0.4 is 5.32 Å². The lowest BCUT2D eigenvalue weighted by molar-refractivity contribution is -0.426. The van der Waals surface area contributed by atoms with Crippen LogP contribution in [0.3, 0.4) is 0 Å². The lowest BCUT2D eigenvalue weighted by Crippen LogP contribution is -2.70. The summed E-state index contributed by atoms with van der Waals surface area (Å²) in [5.74, 6) is -22.6. The van der Waals surface area contributed by atoms with Gasteiger partial charge in [0.15, 0.2) is 6.30 Å². The third kappa shape index (κ3) is 4.42. The summed E-state index contributed by atoms with van der Waals surface area (Å²) in [5, 5.41) is -0.271. The van der Waals surface area contributed by atoms with Crippen molar-refractivity contribution in [2.45, 2.75) is 68.6 Å². The number of rotatable bonds is 9. The summed E-state index contributed by atoms with van der Waals surface area (Å²) in [5.41, 5.74) is 0. The van der Waals surface area contributed by atoms with Crippen LogP contribution >= 0.6 is 0 Å². The first-order valence-electron chi connectivity index (χ1n) is 6.50. The average molecular weight is 405 g/mol.